The van der Waals surface area contributed by atoms with Gasteiger partial charge in [0.1, 0.15) is 23.3 Å². The number of aryl methyl sites for hydroxylation is 1. The van der Waals surface area contributed by atoms with Gasteiger partial charge in [-0.3, -0.25) is 0 Å². The zero-order chi connectivity index (χ0) is 22.7. The lowest BCUT2D eigenvalue weighted by Crippen LogP contribution is -2.06. The maximum atomic E-state index is 12.7. The third-order valence-corrected chi connectivity index (χ3v) is 5.02. The van der Waals surface area contributed by atoms with Gasteiger partial charge in [0, 0.05) is 41.3 Å². The molecule has 0 aliphatic carbocycles. The van der Waals surface area contributed by atoms with Gasteiger partial charge in [0.2, 0.25) is 0 Å². The van der Waals surface area contributed by atoms with Crippen molar-refractivity contribution in [3.8, 4) is 11.8 Å². The summed E-state index contributed by atoms with van der Waals surface area (Å²) in [6.07, 6.45) is -1.99. The number of hydrogen-bond donors (Lipinski definition) is 2. The largest absolute Gasteiger partial charge is 0.493 e. The zero-order valence-corrected chi connectivity index (χ0v) is 17.1. The number of anilines is 2. The third kappa shape index (κ3) is 4.83. The quantitative estimate of drug-likeness (QED) is 0.382. The van der Waals surface area contributed by atoms with Crippen molar-refractivity contribution in [2.75, 3.05) is 11.9 Å². The first-order valence-electron chi connectivity index (χ1n) is 9.88. The molecule has 0 aliphatic heterocycles. The number of nitrogens with one attached hydrogen (secondary N) is 2. The molecule has 2 N–H and O–H groups in total. The molecule has 0 unspecified atom stereocenters. The van der Waals surface area contributed by atoms with Crippen LogP contribution in [0.4, 0.5) is 24.7 Å². The normalized spacial score (nSPS) is 11.3. The summed E-state index contributed by atoms with van der Waals surface area (Å²) in [7, 11) is 0. The molecule has 0 aliphatic rings. The minimum Gasteiger partial charge on any atom is -0.493 e. The van der Waals surface area contributed by atoms with E-state index in [1.165, 1.54) is 18.2 Å². The van der Waals surface area contributed by atoms with Gasteiger partial charge in [-0.2, -0.15) is 18.4 Å². The number of fused-ring (bicyclic) bond motifs is 1. The first-order valence-corrected chi connectivity index (χ1v) is 9.88. The Morgan fingerprint density at radius 2 is 1.88 bits per heavy atom. The molecule has 0 spiro atoms. The highest BCUT2D eigenvalue weighted by atomic mass is 19.4. The van der Waals surface area contributed by atoms with Crippen LogP contribution in [0, 0.1) is 18.3 Å². The molecular weight excluding hydrogens is 417 g/mol. The van der Waals surface area contributed by atoms with Gasteiger partial charge in [0.05, 0.1) is 12.2 Å². The van der Waals surface area contributed by atoms with Gasteiger partial charge in [-0.25, -0.2) is 4.98 Å². The van der Waals surface area contributed by atoms with Gasteiger partial charge in [-0.1, -0.05) is 18.2 Å². The summed E-state index contributed by atoms with van der Waals surface area (Å²) >= 11 is 0. The smallest absolute Gasteiger partial charge is 0.416 e. The number of nitrogens with zero attached hydrogens (tertiary/aromatic N) is 2. The molecule has 5 nitrogen and oxygen atoms in total. The highest BCUT2D eigenvalue weighted by Crippen LogP contribution is 2.29. The predicted molar refractivity (Wildman–Crippen MR) is 116 cm³/mol. The van der Waals surface area contributed by atoms with E-state index in [0.717, 1.165) is 39.8 Å². The topological polar surface area (TPSA) is 73.7 Å². The molecule has 0 bridgehead atoms. The molecule has 8 heteroatoms. The average Bonchev–Trinajstić information content (AvgIpc) is 3.13. The number of ether oxygens (including phenoxy) is 1. The fourth-order valence-electron chi connectivity index (χ4n) is 3.35. The van der Waals surface area contributed by atoms with E-state index in [1.807, 2.05) is 37.4 Å². The van der Waals surface area contributed by atoms with Crippen molar-refractivity contribution < 1.29 is 17.9 Å². The van der Waals surface area contributed by atoms with Gasteiger partial charge in [0.25, 0.3) is 0 Å². The Kier molecular flexibility index (Phi) is 5.73. The van der Waals surface area contributed by atoms with E-state index in [-0.39, 0.29) is 12.3 Å². The average molecular weight is 436 g/mol. The van der Waals surface area contributed by atoms with E-state index in [2.05, 4.69) is 15.3 Å². The number of halogens is 3. The van der Waals surface area contributed by atoms with Crippen molar-refractivity contribution in [1.29, 1.82) is 5.26 Å². The Morgan fingerprint density at radius 1 is 1.09 bits per heavy atom. The van der Waals surface area contributed by atoms with Crippen LogP contribution in [0.25, 0.3) is 10.9 Å². The van der Waals surface area contributed by atoms with E-state index in [0.29, 0.717) is 18.0 Å². The summed E-state index contributed by atoms with van der Waals surface area (Å²) < 4.78 is 43.8. The molecule has 0 amide bonds. The Morgan fingerprint density at radius 3 is 2.59 bits per heavy atom. The SMILES string of the molecule is Cc1c[nH]c2cc(Nc3cc(OCCc4ccc(C(F)(F)F)cc4)cc(C#N)n3)ccc12. The lowest BCUT2D eigenvalue weighted by molar-refractivity contribution is -0.137. The Bertz CT molecular complexity index is 1290. The van der Waals surface area contributed by atoms with E-state index < -0.39 is 11.7 Å². The van der Waals surface area contributed by atoms with Crippen LogP contribution in [0.3, 0.4) is 0 Å². The number of H-pyrrole nitrogens is 1. The number of alkyl halides is 3. The van der Waals surface area contributed by atoms with Gasteiger partial charge in [0.15, 0.2) is 0 Å². The maximum Gasteiger partial charge on any atom is 0.416 e. The monoisotopic (exact) mass is 436 g/mol. The fourth-order valence-corrected chi connectivity index (χ4v) is 3.35. The van der Waals surface area contributed by atoms with Gasteiger partial charge in [-0.15, -0.1) is 0 Å². The first-order chi connectivity index (χ1) is 15.3. The second-order valence-electron chi connectivity index (χ2n) is 7.34. The number of benzene rings is 2. The van der Waals surface area contributed by atoms with Crippen molar-refractivity contribution in [2.45, 2.75) is 19.5 Å². The van der Waals surface area contributed by atoms with Crippen molar-refractivity contribution in [3.05, 3.63) is 83.2 Å². The molecule has 2 aromatic heterocycles. The molecule has 2 aromatic carbocycles. The van der Waals surface area contributed by atoms with Gasteiger partial charge < -0.3 is 15.0 Å². The summed E-state index contributed by atoms with van der Waals surface area (Å²) in [4.78, 5) is 7.47. The summed E-state index contributed by atoms with van der Waals surface area (Å²) in [6, 6.07) is 16.1. The molecule has 0 atom stereocenters. The summed E-state index contributed by atoms with van der Waals surface area (Å²) in [6.45, 7) is 2.27. The Balaban J connectivity index is 1.44. The van der Waals surface area contributed by atoms with Crippen LogP contribution in [-0.2, 0) is 12.6 Å². The van der Waals surface area contributed by atoms with E-state index >= 15 is 0 Å². The van der Waals surface area contributed by atoms with Gasteiger partial charge in [-0.05, 0) is 42.3 Å². The van der Waals surface area contributed by atoms with Crippen LogP contribution in [0.1, 0.15) is 22.4 Å². The molecule has 0 saturated carbocycles. The first kappa shape index (κ1) is 21.2. The van der Waals surface area contributed by atoms with E-state index in [9.17, 15) is 18.4 Å². The molecule has 2 heterocycles. The van der Waals surface area contributed by atoms with Crippen LogP contribution >= 0.6 is 0 Å². The highest BCUT2D eigenvalue weighted by molar-refractivity contribution is 5.86. The summed E-state index contributed by atoms with van der Waals surface area (Å²) in [5.74, 6) is 0.902. The maximum absolute atomic E-state index is 12.7. The molecule has 0 saturated heterocycles. The summed E-state index contributed by atoms with van der Waals surface area (Å²) in [5, 5.41) is 13.6. The van der Waals surface area contributed by atoms with E-state index in [1.54, 1.807) is 6.07 Å². The van der Waals surface area contributed by atoms with Crippen molar-refractivity contribution in [2.24, 2.45) is 0 Å². The number of pyridine rings is 1. The zero-order valence-electron chi connectivity index (χ0n) is 17.1. The van der Waals surface area contributed by atoms with Crippen molar-refractivity contribution in [3.63, 3.8) is 0 Å². The number of aromatic amines is 1. The lowest BCUT2D eigenvalue weighted by atomic mass is 10.1. The third-order valence-electron chi connectivity index (χ3n) is 5.02. The molecular formula is C24H19F3N4O. The van der Waals surface area contributed by atoms with Crippen LogP contribution in [-0.4, -0.2) is 16.6 Å². The Labute approximate surface area is 182 Å². The second-order valence-corrected chi connectivity index (χ2v) is 7.34. The Hall–Kier alpha value is -3.99. The minimum atomic E-state index is -4.35. The minimum absolute atomic E-state index is 0.191. The van der Waals surface area contributed by atoms with Crippen LogP contribution in [0.5, 0.6) is 5.75 Å². The predicted octanol–water partition coefficient (Wildman–Crippen LogP) is 6.13. The van der Waals surface area contributed by atoms with Crippen LogP contribution < -0.4 is 10.1 Å². The molecule has 32 heavy (non-hydrogen) atoms. The number of aromatic nitrogens is 2. The molecule has 0 radical (unpaired) electrons. The van der Waals surface area contributed by atoms with Crippen LogP contribution in [0.15, 0.2) is 60.8 Å². The molecule has 0 fully saturated rings. The lowest BCUT2D eigenvalue weighted by Gasteiger charge is -2.11. The summed E-state index contributed by atoms with van der Waals surface area (Å²) in [5.41, 5.74) is 3.17. The molecule has 4 aromatic rings. The van der Waals surface area contributed by atoms with Crippen molar-refractivity contribution >= 4 is 22.4 Å². The van der Waals surface area contributed by atoms with Gasteiger partial charge >= 0.3 is 6.18 Å². The highest BCUT2D eigenvalue weighted by Gasteiger charge is 2.29. The van der Waals surface area contributed by atoms with Crippen LogP contribution in [0.2, 0.25) is 0 Å². The standard InChI is InChI=1S/C24H19F3N4O/c1-15-14-29-22-11-18(6-7-21(15)22)30-23-12-20(10-19(13-28)31-23)32-9-8-16-2-4-17(5-3-16)24(25,26)27/h2-7,10-12,14,29H,8-9H2,1H3,(H,30,31). The molecule has 4 rings (SSSR count). The van der Waals surface area contributed by atoms with Crippen molar-refractivity contribution in [1.82, 2.24) is 9.97 Å². The fraction of sp³-hybridized carbons (Fsp3) is 0.167. The number of nitriles is 1. The number of rotatable bonds is 6. The second kappa shape index (κ2) is 8.63. The molecule has 162 valence electrons. The van der Waals surface area contributed by atoms with E-state index in [4.69, 9.17) is 4.74 Å². The number of hydrogen-bond acceptors (Lipinski definition) is 4.